The van der Waals surface area contributed by atoms with Crippen molar-refractivity contribution < 1.29 is 14.0 Å². The number of hydrogen-bond donors (Lipinski definition) is 1. The third-order valence-electron chi connectivity index (χ3n) is 4.22. The molecule has 1 aliphatic rings. The fraction of sp³-hybridized carbons (Fsp3) is 0.333. The van der Waals surface area contributed by atoms with Gasteiger partial charge in [-0.05, 0) is 42.8 Å². The van der Waals surface area contributed by atoms with E-state index in [0.29, 0.717) is 38.5 Å². The number of amides is 2. The normalized spacial score (nSPS) is 15.2. The Balaban J connectivity index is 1.48. The maximum atomic E-state index is 12.3. The van der Waals surface area contributed by atoms with E-state index < -0.39 is 0 Å². The van der Waals surface area contributed by atoms with Gasteiger partial charge in [0, 0.05) is 36.3 Å². The predicted molar refractivity (Wildman–Crippen MR) is 98.6 cm³/mol. The fourth-order valence-electron chi connectivity index (χ4n) is 2.83. The highest BCUT2D eigenvalue weighted by Crippen LogP contribution is 2.20. The molecule has 132 valence electrons. The van der Waals surface area contributed by atoms with E-state index in [4.69, 9.17) is 4.42 Å². The molecule has 6 nitrogen and oxygen atoms in total. The van der Waals surface area contributed by atoms with Crippen LogP contribution in [0.4, 0.5) is 5.69 Å². The number of carbonyl (C=O) groups is 2. The molecule has 0 aliphatic carbocycles. The highest BCUT2D eigenvalue weighted by Gasteiger charge is 2.24. The Morgan fingerprint density at radius 2 is 1.96 bits per heavy atom. The first-order valence-corrected chi connectivity index (χ1v) is 8.93. The van der Waals surface area contributed by atoms with Gasteiger partial charge in [-0.15, -0.1) is 0 Å². The lowest BCUT2D eigenvalue weighted by molar-refractivity contribution is -0.117. The van der Waals surface area contributed by atoms with Crippen molar-refractivity contribution in [2.75, 3.05) is 38.0 Å². The number of halogens is 1. The standard InChI is InChI=1S/C18H20BrN3O3/c1-13-11-14(19)4-5-15(13)20-17(23)12-21-6-8-22(9-7-21)18(24)16-3-2-10-25-16/h2-5,10-11H,6-9,12H2,1H3,(H,20,23). The number of furan rings is 1. The van der Waals surface area contributed by atoms with Crippen molar-refractivity contribution >= 4 is 33.4 Å². The molecule has 2 heterocycles. The Bertz CT molecular complexity index is 753. The largest absolute Gasteiger partial charge is 0.459 e. The first-order valence-electron chi connectivity index (χ1n) is 8.14. The van der Waals surface area contributed by atoms with E-state index in [1.54, 1.807) is 17.0 Å². The molecule has 1 aliphatic heterocycles. The summed E-state index contributed by atoms with van der Waals surface area (Å²) >= 11 is 3.41. The van der Waals surface area contributed by atoms with Crippen molar-refractivity contribution in [3.63, 3.8) is 0 Å². The zero-order valence-corrected chi connectivity index (χ0v) is 15.6. The molecule has 7 heteroatoms. The van der Waals surface area contributed by atoms with Crippen molar-refractivity contribution in [1.82, 2.24) is 9.80 Å². The summed E-state index contributed by atoms with van der Waals surface area (Å²) in [6.07, 6.45) is 1.50. The van der Waals surface area contributed by atoms with E-state index in [1.807, 2.05) is 25.1 Å². The third-order valence-corrected chi connectivity index (χ3v) is 4.71. The first-order chi connectivity index (χ1) is 12.0. The molecule has 0 bridgehead atoms. The molecule has 1 N–H and O–H groups in total. The molecule has 0 unspecified atom stereocenters. The van der Waals surface area contributed by atoms with E-state index in [-0.39, 0.29) is 11.8 Å². The Hall–Kier alpha value is -2.12. The lowest BCUT2D eigenvalue weighted by Gasteiger charge is -2.33. The monoisotopic (exact) mass is 405 g/mol. The summed E-state index contributed by atoms with van der Waals surface area (Å²) in [6.45, 7) is 4.78. The lowest BCUT2D eigenvalue weighted by atomic mass is 10.2. The number of piperazine rings is 1. The topological polar surface area (TPSA) is 65.8 Å². The predicted octanol–water partition coefficient (Wildman–Crippen LogP) is 2.75. The number of nitrogens with one attached hydrogen (secondary N) is 1. The number of aryl methyl sites for hydroxylation is 1. The minimum atomic E-state index is -0.0976. The quantitative estimate of drug-likeness (QED) is 0.848. The van der Waals surface area contributed by atoms with Crippen LogP contribution in [0.2, 0.25) is 0 Å². The molecule has 1 aromatic carbocycles. The summed E-state index contributed by atoms with van der Waals surface area (Å²) in [4.78, 5) is 28.3. The van der Waals surface area contributed by atoms with E-state index in [0.717, 1.165) is 15.7 Å². The van der Waals surface area contributed by atoms with Gasteiger partial charge in [0.2, 0.25) is 5.91 Å². The second-order valence-corrected chi connectivity index (χ2v) is 6.97. The molecule has 1 saturated heterocycles. The Kier molecular flexibility index (Phi) is 5.55. The number of carbonyl (C=O) groups excluding carboxylic acids is 2. The molecule has 0 saturated carbocycles. The number of hydrogen-bond acceptors (Lipinski definition) is 4. The molecule has 3 rings (SSSR count). The van der Waals surface area contributed by atoms with Crippen molar-refractivity contribution in [1.29, 1.82) is 0 Å². The van der Waals surface area contributed by atoms with Crippen molar-refractivity contribution in [3.8, 4) is 0 Å². The van der Waals surface area contributed by atoms with Gasteiger partial charge in [0.15, 0.2) is 5.76 Å². The first kappa shape index (κ1) is 17.7. The van der Waals surface area contributed by atoms with Crippen LogP contribution in [0.3, 0.4) is 0 Å². The molecule has 1 fully saturated rings. The van der Waals surface area contributed by atoms with Crippen LogP contribution in [0, 0.1) is 6.92 Å². The smallest absolute Gasteiger partial charge is 0.289 e. The summed E-state index contributed by atoms with van der Waals surface area (Å²) in [5.41, 5.74) is 1.83. The van der Waals surface area contributed by atoms with Gasteiger partial charge in [0.25, 0.3) is 5.91 Å². The van der Waals surface area contributed by atoms with Crippen LogP contribution in [0.5, 0.6) is 0 Å². The molecule has 0 spiro atoms. The van der Waals surface area contributed by atoms with Crippen molar-refractivity contribution in [3.05, 3.63) is 52.4 Å². The van der Waals surface area contributed by atoms with Crippen LogP contribution in [0.1, 0.15) is 16.1 Å². The average Bonchev–Trinajstić information content (AvgIpc) is 3.12. The lowest BCUT2D eigenvalue weighted by Crippen LogP contribution is -2.50. The van der Waals surface area contributed by atoms with Gasteiger partial charge < -0.3 is 14.6 Å². The summed E-state index contributed by atoms with van der Waals surface area (Å²) in [7, 11) is 0. The molecule has 2 aromatic rings. The van der Waals surface area contributed by atoms with E-state index >= 15 is 0 Å². The highest BCUT2D eigenvalue weighted by atomic mass is 79.9. The average molecular weight is 406 g/mol. The van der Waals surface area contributed by atoms with Crippen LogP contribution in [0.15, 0.2) is 45.5 Å². The molecule has 0 atom stereocenters. The number of rotatable bonds is 4. The molecular weight excluding hydrogens is 386 g/mol. The molecule has 1 aromatic heterocycles. The molecular formula is C18H20BrN3O3. The van der Waals surface area contributed by atoms with Gasteiger partial charge in [0.1, 0.15) is 0 Å². The highest BCUT2D eigenvalue weighted by molar-refractivity contribution is 9.10. The Labute approximate surface area is 154 Å². The van der Waals surface area contributed by atoms with E-state index in [2.05, 4.69) is 26.1 Å². The molecule has 0 radical (unpaired) electrons. The second kappa shape index (κ2) is 7.84. The van der Waals surface area contributed by atoms with Gasteiger partial charge >= 0.3 is 0 Å². The van der Waals surface area contributed by atoms with Gasteiger partial charge in [-0.2, -0.15) is 0 Å². The zero-order chi connectivity index (χ0) is 17.8. The summed E-state index contributed by atoms with van der Waals surface area (Å²) in [5, 5.41) is 2.94. The zero-order valence-electron chi connectivity index (χ0n) is 14.0. The van der Waals surface area contributed by atoms with E-state index in [9.17, 15) is 9.59 Å². The van der Waals surface area contributed by atoms with Gasteiger partial charge in [-0.1, -0.05) is 15.9 Å². The van der Waals surface area contributed by atoms with Crippen LogP contribution < -0.4 is 5.32 Å². The second-order valence-electron chi connectivity index (χ2n) is 6.05. The summed E-state index contributed by atoms with van der Waals surface area (Å²) in [6, 6.07) is 9.13. The van der Waals surface area contributed by atoms with Gasteiger partial charge in [0.05, 0.1) is 12.8 Å². The maximum absolute atomic E-state index is 12.3. The third kappa shape index (κ3) is 4.49. The van der Waals surface area contributed by atoms with Crippen molar-refractivity contribution in [2.24, 2.45) is 0 Å². The van der Waals surface area contributed by atoms with Crippen LogP contribution >= 0.6 is 15.9 Å². The number of nitrogens with zero attached hydrogens (tertiary/aromatic N) is 2. The van der Waals surface area contributed by atoms with Crippen LogP contribution in [0.25, 0.3) is 0 Å². The van der Waals surface area contributed by atoms with Gasteiger partial charge in [-0.3, -0.25) is 14.5 Å². The molecule has 25 heavy (non-hydrogen) atoms. The Morgan fingerprint density at radius 3 is 2.60 bits per heavy atom. The van der Waals surface area contributed by atoms with Crippen molar-refractivity contribution in [2.45, 2.75) is 6.92 Å². The van der Waals surface area contributed by atoms with Gasteiger partial charge in [-0.25, -0.2) is 0 Å². The molecule has 2 amide bonds. The SMILES string of the molecule is Cc1cc(Br)ccc1NC(=O)CN1CCN(C(=O)c2ccco2)CC1. The Morgan fingerprint density at radius 1 is 1.20 bits per heavy atom. The summed E-state index contributed by atoms with van der Waals surface area (Å²) < 4.78 is 6.14. The summed E-state index contributed by atoms with van der Waals surface area (Å²) in [5.74, 6) is 0.215. The van der Waals surface area contributed by atoms with E-state index in [1.165, 1.54) is 6.26 Å². The maximum Gasteiger partial charge on any atom is 0.289 e. The van der Waals surface area contributed by atoms with Crippen LogP contribution in [-0.4, -0.2) is 54.3 Å². The minimum absolute atomic E-state index is 0.0452. The minimum Gasteiger partial charge on any atom is -0.459 e. The fourth-order valence-corrected chi connectivity index (χ4v) is 3.30. The van der Waals surface area contributed by atoms with Crippen LogP contribution in [-0.2, 0) is 4.79 Å². The number of anilines is 1. The number of benzene rings is 1.